The van der Waals surface area contributed by atoms with Gasteiger partial charge in [-0.25, -0.2) is 10.1 Å². The first-order valence-electron chi connectivity index (χ1n) is 8.89. The van der Waals surface area contributed by atoms with Gasteiger partial charge in [0.2, 0.25) is 0 Å². The number of amides is 1. The molecule has 1 N–H and O–H groups in total. The van der Waals surface area contributed by atoms with Crippen molar-refractivity contribution in [2.45, 2.75) is 26.7 Å². The van der Waals surface area contributed by atoms with Crippen LogP contribution in [0.15, 0.2) is 45.8 Å². The van der Waals surface area contributed by atoms with Crippen LogP contribution >= 0.6 is 0 Å². The normalized spacial score (nSPS) is 23.6. The third-order valence-electron chi connectivity index (χ3n) is 6.06. The number of rotatable bonds is 3. The van der Waals surface area contributed by atoms with Crippen molar-refractivity contribution in [3.05, 3.63) is 52.0 Å². The number of carbonyl (C=O) groups is 1. The molecule has 26 heavy (non-hydrogen) atoms. The quantitative estimate of drug-likeness (QED) is 0.683. The molecule has 0 spiro atoms. The van der Waals surface area contributed by atoms with Crippen LogP contribution < -0.4 is 11.0 Å². The molecule has 1 amide bonds. The number of hydrazone groups is 1. The Kier molecular flexibility index (Phi) is 3.79. The van der Waals surface area contributed by atoms with E-state index in [1.807, 2.05) is 0 Å². The van der Waals surface area contributed by atoms with Crippen molar-refractivity contribution in [2.24, 2.45) is 29.4 Å². The minimum Gasteiger partial charge on any atom is -0.267 e. The van der Waals surface area contributed by atoms with Gasteiger partial charge in [0.15, 0.2) is 5.69 Å². The number of fused-ring (bicyclic) bond motifs is 2. The highest BCUT2D eigenvalue weighted by Crippen LogP contribution is 2.58. The summed E-state index contributed by atoms with van der Waals surface area (Å²) < 4.78 is 1.18. The molecule has 6 heteroatoms. The van der Waals surface area contributed by atoms with Gasteiger partial charge in [-0.3, -0.25) is 9.59 Å². The van der Waals surface area contributed by atoms with Crippen LogP contribution in [-0.4, -0.2) is 21.9 Å². The van der Waals surface area contributed by atoms with Gasteiger partial charge >= 0.3 is 0 Å². The molecule has 1 saturated carbocycles. The Morgan fingerprint density at radius 1 is 1.35 bits per heavy atom. The van der Waals surface area contributed by atoms with Gasteiger partial charge in [0.25, 0.3) is 11.5 Å². The average Bonchev–Trinajstić information content (AvgIpc) is 2.64. The van der Waals surface area contributed by atoms with E-state index in [1.54, 1.807) is 30.5 Å². The summed E-state index contributed by atoms with van der Waals surface area (Å²) in [4.78, 5) is 24.7. The monoisotopic (exact) mass is 350 g/mol. The smallest absolute Gasteiger partial charge is 0.267 e. The van der Waals surface area contributed by atoms with E-state index in [1.165, 1.54) is 23.7 Å². The molecule has 2 unspecified atom stereocenters. The fraction of sp³-hybridized carbons (Fsp3) is 0.400. The van der Waals surface area contributed by atoms with Crippen molar-refractivity contribution < 1.29 is 4.79 Å². The molecule has 2 bridgehead atoms. The lowest BCUT2D eigenvalue weighted by Gasteiger charge is -2.55. The molecule has 1 heterocycles. The molecule has 6 nitrogen and oxygen atoms in total. The Hall–Kier alpha value is -2.76. The van der Waals surface area contributed by atoms with Gasteiger partial charge in [0, 0.05) is 12.4 Å². The maximum absolute atomic E-state index is 12.6. The standard InChI is InChI=1S/C20H22N4O2/c1-20(2)13-9-8-12(16(20)10-13)11-21-22-18(25)17-14-6-4-5-7-15(14)19(26)24(3)23-17/h4-8,11,13,16H,9-10H2,1-3H3,(H,22,25)/b21-11+. The summed E-state index contributed by atoms with van der Waals surface area (Å²) in [5.74, 6) is 0.856. The van der Waals surface area contributed by atoms with Crippen molar-refractivity contribution in [2.75, 3.05) is 0 Å². The number of carbonyl (C=O) groups excluding carboxylic acids is 1. The lowest BCUT2D eigenvalue weighted by molar-refractivity contribution is -0.00126. The first-order chi connectivity index (χ1) is 12.4. The SMILES string of the molecule is Cn1nc(C(=O)N/N=C/C2=CCC3CC2C3(C)C)c2ccccc2c1=O. The van der Waals surface area contributed by atoms with E-state index >= 15 is 0 Å². The van der Waals surface area contributed by atoms with E-state index in [9.17, 15) is 9.59 Å². The zero-order valence-electron chi connectivity index (χ0n) is 15.2. The van der Waals surface area contributed by atoms with Crippen LogP contribution in [0.5, 0.6) is 0 Å². The average molecular weight is 350 g/mol. The number of hydrogen-bond acceptors (Lipinski definition) is 4. The number of aromatic nitrogens is 2. The second-order valence-electron chi connectivity index (χ2n) is 7.77. The van der Waals surface area contributed by atoms with Gasteiger partial charge in [-0.15, -0.1) is 0 Å². The van der Waals surface area contributed by atoms with Gasteiger partial charge in [-0.2, -0.15) is 10.2 Å². The van der Waals surface area contributed by atoms with Crippen molar-refractivity contribution in [1.29, 1.82) is 0 Å². The maximum Gasteiger partial charge on any atom is 0.292 e. The largest absolute Gasteiger partial charge is 0.292 e. The molecule has 1 aromatic carbocycles. The Balaban J connectivity index is 1.57. The highest BCUT2D eigenvalue weighted by Gasteiger charge is 2.50. The van der Waals surface area contributed by atoms with Crippen LogP contribution in [0.25, 0.3) is 10.8 Å². The first-order valence-corrected chi connectivity index (χ1v) is 8.89. The lowest BCUT2D eigenvalue weighted by atomic mass is 9.49. The Morgan fingerprint density at radius 3 is 2.77 bits per heavy atom. The minimum absolute atomic E-state index is 0.196. The lowest BCUT2D eigenvalue weighted by Crippen LogP contribution is -2.48. The van der Waals surface area contributed by atoms with E-state index in [0.29, 0.717) is 22.1 Å². The van der Waals surface area contributed by atoms with Crippen LogP contribution in [0.4, 0.5) is 0 Å². The zero-order valence-corrected chi connectivity index (χ0v) is 15.2. The predicted octanol–water partition coefficient (Wildman–Crippen LogP) is 2.64. The fourth-order valence-electron chi connectivity index (χ4n) is 4.23. The first kappa shape index (κ1) is 16.7. The summed E-state index contributed by atoms with van der Waals surface area (Å²) in [6.45, 7) is 4.59. The van der Waals surface area contributed by atoms with Crippen molar-refractivity contribution in [1.82, 2.24) is 15.2 Å². The van der Waals surface area contributed by atoms with Crippen LogP contribution in [-0.2, 0) is 7.05 Å². The summed E-state index contributed by atoms with van der Waals surface area (Å²) in [6, 6.07) is 6.97. The molecule has 3 aliphatic rings. The van der Waals surface area contributed by atoms with E-state index in [-0.39, 0.29) is 11.3 Å². The molecule has 0 radical (unpaired) electrons. The Bertz CT molecular complexity index is 1020. The molecule has 3 aliphatic carbocycles. The van der Waals surface area contributed by atoms with Gasteiger partial charge in [0.1, 0.15) is 0 Å². The van der Waals surface area contributed by atoms with Crippen LogP contribution in [0.1, 0.15) is 37.2 Å². The maximum atomic E-state index is 12.6. The summed E-state index contributed by atoms with van der Waals surface area (Å²) >= 11 is 0. The van der Waals surface area contributed by atoms with Crippen LogP contribution in [0, 0.1) is 17.3 Å². The molecule has 1 fully saturated rings. The number of aryl methyl sites for hydroxylation is 1. The van der Waals surface area contributed by atoms with Gasteiger partial charge in [-0.1, -0.05) is 38.1 Å². The number of nitrogens with one attached hydrogen (secondary N) is 1. The molecular formula is C20H22N4O2. The van der Waals surface area contributed by atoms with E-state index in [2.05, 4.69) is 35.5 Å². The van der Waals surface area contributed by atoms with Crippen LogP contribution in [0.2, 0.25) is 0 Å². The van der Waals surface area contributed by atoms with Crippen molar-refractivity contribution >= 4 is 22.9 Å². The molecule has 1 aromatic heterocycles. The number of benzene rings is 1. The third-order valence-corrected chi connectivity index (χ3v) is 6.06. The van der Waals surface area contributed by atoms with Crippen LogP contribution in [0.3, 0.4) is 0 Å². The molecular weight excluding hydrogens is 328 g/mol. The summed E-state index contributed by atoms with van der Waals surface area (Å²) in [5, 5.41) is 9.27. The summed E-state index contributed by atoms with van der Waals surface area (Å²) in [5.41, 5.74) is 4.04. The fourth-order valence-corrected chi connectivity index (χ4v) is 4.23. The van der Waals surface area contributed by atoms with Gasteiger partial charge in [-0.05, 0) is 41.7 Å². The molecule has 0 saturated heterocycles. The highest BCUT2D eigenvalue weighted by molar-refractivity contribution is 6.04. The van der Waals surface area contributed by atoms with Gasteiger partial charge < -0.3 is 0 Å². The summed E-state index contributed by atoms with van der Waals surface area (Å²) in [6.07, 6.45) is 6.25. The minimum atomic E-state index is -0.421. The Morgan fingerprint density at radius 2 is 2.08 bits per heavy atom. The predicted molar refractivity (Wildman–Crippen MR) is 101 cm³/mol. The number of hydrogen-bond donors (Lipinski definition) is 1. The van der Waals surface area contributed by atoms with E-state index in [0.717, 1.165) is 12.3 Å². The highest BCUT2D eigenvalue weighted by atomic mass is 16.2. The molecule has 2 aromatic rings. The van der Waals surface area contributed by atoms with Crippen molar-refractivity contribution in [3.63, 3.8) is 0 Å². The second-order valence-corrected chi connectivity index (χ2v) is 7.77. The topological polar surface area (TPSA) is 76.3 Å². The molecule has 2 atom stereocenters. The number of nitrogens with zero attached hydrogens (tertiary/aromatic N) is 3. The summed E-state index contributed by atoms with van der Waals surface area (Å²) in [7, 11) is 1.54. The molecule has 134 valence electrons. The van der Waals surface area contributed by atoms with Gasteiger partial charge in [0.05, 0.1) is 11.6 Å². The van der Waals surface area contributed by atoms with E-state index < -0.39 is 5.91 Å². The van der Waals surface area contributed by atoms with Crippen molar-refractivity contribution in [3.8, 4) is 0 Å². The molecule has 0 aliphatic heterocycles. The molecule has 5 rings (SSSR count). The number of allylic oxidation sites excluding steroid dienone is 2. The Labute approximate surface area is 151 Å². The van der Waals surface area contributed by atoms with E-state index in [4.69, 9.17) is 0 Å². The zero-order chi connectivity index (χ0) is 18.5. The second kappa shape index (κ2) is 5.90. The third kappa shape index (κ3) is 2.48.